The Labute approximate surface area is 100 Å². The smallest absolute Gasteiger partial charge is 0.370 e. The molecule has 0 aliphatic rings. The molecule has 0 aromatic carbocycles. The number of alkyl halides is 3. The average molecular weight is 274 g/mol. The van der Waals surface area contributed by atoms with Gasteiger partial charge in [-0.05, 0) is 18.5 Å². The van der Waals surface area contributed by atoms with Crippen LogP contribution in [0.2, 0.25) is 5.02 Å². The normalized spacial score (nSPS) is 14.1. The number of rotatable bonds is 5. The van der Waals surface area contributed by atoms with Crippen molar-refractivity contribution < 1.29 is 17.9 Å². The summed E-state index contributed by atoms with van der Waals surface area (Å²) in [4.78, 5) is 0.784. The van der Waals surface area contributed by atoms with E-state index in [1.807, 2.05) is 0 Å². The maximum atomic E-state index is 11.9. The van der Waals surface area contributed by atoms with Crippen LogP contribution in [0.15, 0.2) is 11.4 Å². The van der Waals surface area contributed by atoms with Gasteiger partial charge in [-0.2, -0.15) is 13.2 Å². The van der Waals surface area contributed by atoms with Crippen LogP contribution in [0.4, 0.5) is 13.2 Å². The van der Waals surface area contributed by atoms with Crippen LogP contribution in [0.1, 0.15) is 10.9 Å². The van der Waals surface area contributed by atoms with E-state index in [9.17, 15) is 13.2 Å². The topological polar surface area (TPSA) is 21.3 Å². The molecule has 1 aromatic heterocycles. The number of hydrogen-bond donors (Lipinski definition) is 1. The molecule has 0 amide bonds. The van der Waals surface area contributed by atoms with E-state index in [-0.39, 0.29) is 12.6 Å². The van der Waals surface area contributed by atoms with Crippen molar-refractivity contribution in [2.24, 2.45) is 0 Å². The Bertz CT molecular complexity index is 329. The lowest BCUT2D eigenvalue weighted by atomic mass is 10.2. The van der Waals surface area contributed by atoms with E-state index in [4.69, 9.17) is 11.6 Å². The Morgan fingerprint density at radius 3 is 2.69 bits per heavy atom. The summed E-state index contributed by atoms with van der Waals surface area (Å²) in [5.41, 5.74) is 0. The Morgan fingerprint density at radius 1 is 1.56 bits per heavy atom. The van der Waals surface area contributed by atoms with Gasteiger partial charge in [-0.3, -0.25) is 0 Å². The van der Waals surface area contributed by atoms with E-state index in [2.05, 4.69) is 10.1 Å². The minimum atomic E-state index is -4.29. The SMILES string of the molecule is CNC(COCC(F)(F)F)c1sccc1Cl. The lowest BCUT2D eigenvalue weighted by Crippen LogP contribution is -2.25. The molecule has 0 aliphatic carbocycles. The molecule has 1 rings (SSSR count). The van der Waals surface area contributed by atoms with Crippen LogP contribution in [-0.2, 0) is 4.74 Å². The third kappa shape index (κ3) is 4.29. The summed E-state index contributed by atoms with van der Waals surface area (Å²) in [6.07, 6.45) is -4.29. The first kappa shape index (κ1) is 13.8. The van der Waals surface area contributed by atoms with Crippen LogP contribution in [0, 0.1) is 0 Å². The highest BCUT2D eigenvalue weighted by atomic mass is 35.5. The minimum absolute atomic E-state index is 0.0593. The van der Waals surface area contributed by atoms with E-state index in [0.717, 1.165) is 4.88 Å². The summed E-state index contributed by atoms with van der Waals surface area (Å²) in [7, 11) is 1.65. The molecular weight excluding hydrogens is 263 g/mol. The summed E-state index contributed by atoms with van der Waals surface area (Å²) in [5, 5.41) is 5.19. The number of ether oxygens (including phenoxy) is 1. The van der Waals surface area contributed by atoms with Gasteiger partial charge >= 0.3 is 6.18 Å². The zero-order valence-electron chi connectivity index (χ0n) is 8.47. The number of thiophene rings is 1. The highest BCUT2D eigenvalue weighted by Crippen LogP contribution is 2.29. The molecule has 16 heavy (non-hydrogen) atoms. The Balaban J connectivity index is 2.48. The monoisotopic (exact) mass is 273 g/mol. The molecule has 0 aliphatic heterocycles. The first-order valence-corrected chi connectivity index (χ1v) is 5.74. The van der Waals surface area contributed by atoms with Gasteiger partial charge in [0, 0.05) is 4.88 Å². The summed E-state index contributed by atoms with van der Waals surface area (Å²) in [6.45, 7) is -1.30. The van der Waals surface area contributed by atoms with Crippen molar-refractivity contribution in [3.05, 3.63) is 21.3 Å². The average Bonchev–Trinajstić information content (AvgIpc) is 2.58. The highest BCUT2D eigenvalue weighted by molar-refractivity contribution is 7.10. The van der Waals surface area contributed by atoms with Gasteiger partial charge in [0.05, 0.1) is 17.7 Å². The third-order valence-corrected chi connectivity index (χ3v) is 3.33. The van der Waals surface area contributed by atoms with Gasteiger partial charge < -0.3 is 10.1 Å². The zero-order valence-corrected chi connectivity index (χ0v) is 10.0. The summed E-state index contributed by atoms with van der Waals surface area (Å²) < 4.78 is 40.2. The quantitative estimate of drug-likeness (QED) is 0.889. The fourth-order valence-corrected chi connectivity index (χ4v) is 2.42. The lowest BCUT2D eigenvalue weighted by molar-refractivity contribution is -0.175. The van der Waals surface area contributed by atoms with E-state index < -0.39 is 12.8 Å². The second kappa shape index (κ2) is 5.86. The predicted octanol–water partition coefficient (Wildman–Crippen LogP) is 3.24. The van der Waals surface area contributed by atoms with Crippen molar-refractivity contribution >= 4 is 22.9 Å². The van der Waals surface area contributed by atoms with Crippen molar-refractivity contribution in [3.63, 3.8) is 0 Å². The van der Waals surface area contributed by atoms with Crippen LogP contribution in [0.5, 0.6) is 0 Å². The molecule has 1 heterocycles. The molecule has 1 atom stereocenters. The Morgan fingerprint density at radius 2 is 2.25 bits per heavy atom. The molecule has 0 spiro atoms. The van der Waals surface area contributed by atoms with E-state index in [1.54, 1.807) is 18.5 Å². The molecule has 2 nitrogen and oxygen atoms in total. The number of nitrogens with one attached hydrogen (secondary N) is 1. The van der Waals surface area contributed by atoms with Crippen LogP contribution in [0.25, 0.3) is 0 Å². The molecule has 1 unspecified atom stereocenters. The van der Waals surface area contributed by atoms with E-state index >= 15 is 0 Å². The fourth-order valence-electron chi connectivity index (χ4n) is 1.14. The van der Waals surface area contributed by atoms with Gasteiger partial charge in [-0.15, -0.1) is 11.3 Å². The number of halogens is 4. The Hall–Kier alpha value is -0.300. The van der Waals surface area contributed by atoms with Gasteiger partial charge in [0.1, 0.15) is 6.61 Å². The molecule has 1 aromatic rings. The minimum Gasteiger partial charge on any atom is -0.370 e. The molecule has 92 valence electrons. The molecule has 0 saturated carbocycles. The molecule has 0 radical (unpaired) electrons. The predicted molar refractivity (Wildman–Crippen MR) is 58.0 cm³/mol. The second-order valence-electron chi connectivity index (χ2n) is 3.10. The first-order valence-electron chi connectivity index (χ1n) is 4.48. The van der Waals surface area contributed by atoms with Crippen LogP contribution >= 0.6 is 22.9 Å². The maximum Gasteiger partial charge on any atom is 0.411 e. The van der Waals surface area contributed by atoms with E-state index in [1.165, 1.54) is 11.3 Å². The van der Waals surface area contributed by atoms with Gasteiger partial charge in [-0.25, -0.2) is 0 Å². The van der Waals surface area contributed by atoms with E-state index in [0.29, 0.717) is 5.02 Å². The Kier molecular flexibility index (Phi) is 5.04. The maximum absolute atomic E-state index is 11.9. The van der Waals surface area contributed by atoms with Gasteiger partial charge in [0.25, 0.3) is 0 Å². The van der Waals surface area contributed by atoms with Crippen molar-refractivity contribution in [3.8, 4) is 0 Å². The number of hydrogen-bond acceptors (Lipinski definition) is 3. The van der Waals surface area contributed by atoms with Crippen LogP contribution in [0.3, 0.4) is 0 Å². The zero-order chi connectivity index (χ0) is 12.2. The first-order chi connectivity index (χ1) is 7.44. The van der Waals surface area contributed by atoms with Crippen LogP contribution < -0.4 is 5.32 Å². The molecule has 1 N–H and O–H groups in total. The van der Waals surface area contributed by atoms with Crippen molar-refractivity contribution in [1.82, 2.24) is 5.32 Å². The van der Waals surface area contributed by atoms with Gasteiger partial charge in [0.15, 0.2) is 0 Å². The molecule has 0 saturated heterocycles. The van der Waals surface area contributed by atoms with Gasteiger partial charge in [0.2, 0.25) is 0 Å². The highest BCUT2D eigenvalue weighted by Gasteiger charge is 2.28. The molecule has 7 heteroatoms. The summed E-state index contributed by atoms with van der Waals surface area (Å²) in [6, 6.07) is 1.39. The van der Waals surface area contributed by atoms with Crippen molar-refractivity contribution in [2.75, 3.05) is 20.3 Å². The third-order valence-electron chi connectivity index (χ3n) is 1.86. The van der Waals surface area contributed by atoms with Gasteiger partial charge in [-0.1, -0.05) is 11.6 Å². The second-order valence-corrected chi connectivity index (χ2v) is 4.46. The largest absolute Gasteiger partial charge is 0.411 e. The fraction of sp³-hybridized carbons (Fsp3) is 0.556. The van der Waals surface area contributed by atoms with Crippen molar-refractivity contribution in [1.29, 1.82) is 0 Å². The van der Waals surface area contributed by atoms with Crippen LogP contribution in [-0.4, -0.2) is 26.4 Å². The molecule has 0 fully saturated rings. The standard InChI is InChI=1S/C9H11ClF3NOS/c1-14-7(4-15-5-9(11,12)13)8-6(10)2-3-16-8/h2-3,7,14H,4-5H2,1H3. The molecule has 0 bridgehead atoms. The summed E-state index contributed by atoms with van der Waals surface area (Å²) in [5.74, 6) is 0. The summed E-state index contributed by atoms with van der Waals surface area (Å²) >= 11 is 7.26. The number of likely N-dealkylation sites (N-methyl/N-ethyl adjacent to an activating group) is 1. The molecular formula is C9H11ClF3NOS. The lowest BCUT2D eigenvalue weighted by Gasteiger charge is -2.16. The van der Waals surface area contributed by atoms with Crippen molar-refractivity contribution in [2.45, 2.75) is 12.2 Å².